The van der Waals surface area contributed by atoms with E-state index in [0.29, 0.717) is 31.9 Å². The highest BCUT2D eigenvalue weighted by atomic mass is 19.4. The average molecular weight is 464 g/mol. The van der Waals surface area contributed by atoms with Crippen molar-refractivity contribution in [2.45, 2.75) is 12.7 Å². The molecule has 8 nitrogen and oxygen atoms in total. The van der Waals surface area contributed by atoms with E-state index in [-0.39, 0.29) is 18.0 Å². The normalized spacial score (nSPS) is 14.0. The number of rotatable bonds is 6. The van der Waals surface area contributed by atoms with Crippen LogP contribution in [-0.2, 0) is 22.3 Å². The van der Waals surface area contributed by atoms with Gasteiger partial charge < -0.3 is 25.6 Å². The van der Waals surface area contributed by atoms with Crippen LogP contribution < -0.4 is 16.0 Å². The molecule has 0 atom stereocenters. The van der Waals surface area contributed by atoms with Crippen LogP contribution in [0.2, 0.25) is 0 Å². The molecule has 0 saturated carbocycles. The number of esters is 1. The smallest absolute Gasteiger partial charge is 0.416 e. The first-order chi connectivity index (χ1) is 15.6. The van der Waals surface area contributed by atoms with Gasteiger partial charge in [0.1, 0.15) is 0 Å². The fourth-order valence-corrected chi connectivity index (χ4v) is 3.34. The molecule has 1 saturated heterocycles. The molecule has 1 fully saturated rings. The first-order valence-corrected chi connectivity index (χ1v) is 10.1. The number of primary amides is 1. The lowest BCUT2D eigenvalue weighted by atomic mass is 10.1. The Balaban J connectivity index is 1.46. The number of urea groups is 1. The Hall–Kier alpha value is -3.76. The van der Waals surface area contributed by atoms with E-state index in [1.807, 2.05) is 0 Å². The number of ether oxygens (including phenoxy) is 1. The predicted octanol–water partition coefficient (Wildman–Crippen LogP) is 2.38. The lowest BCUT2D eigenvalue weighted by molar-refractivity contribution is -0.137. The van der Waals surface area contributed by atoms with E-state index in [4.69, 9.17) is 10.5 Å². The van der Waals surface area contributed by atoms with E-state index >= 15 is 0 Å². The Morgan fingerprint density at radius 2 is 1.67 bits per heavy atom. The zero-order valence-electron chi connectivity index (χ0n) is 17.6. The van der Waals surface area contributed by atoms with Gasteiger partial charge in [0, 0.05) is 38.4 Å². The standard InChI is InChI=1S/C22H23F3N4O4/c23-22(24,25)17-2-1-3-18(12-17)28-8-10-29(11-9-28)19(30)14-33-20(31)16-6-4-15(5-7-16)13-27-21(26)32/h1-7,12H,8-11,13-14H2,(H3,26,27,32). The first kappa shape index (κ1) is 23.9. The molecular weight excluding hydrogens is 441 g/mol. The van der Waals surface area contributed by atoms with Gasteiger partial charge in [-0.2, -0.15) is 13.2 Å². The molecular formula is C22H23F3N4O4. The number of hydrogen-bond donors (Lipinski definition) is 2. The number of piperazine rings is 1. The molecule has 3 N–H and O–H groups in total. The minimum Gasteiger partial charge on any atom is -0.452 e. The number of hydrogen-bond acceptors (Lipinski definition) is 5. The van der Waals surface area contributed by atoms with Crippen LogP contribution in [0.25, 0.3) is 0 Å². The summed E-state index contributed by atoms with van der Waals surface area (Å²) in [6.07, 6.45) is -4.42. The summed E-state index contributed by atoms with van der Waals surface area (Å²) >= 11 is 0. The van der Waals surface area contributed by atoms with Gasteiger partial charge in [0.05, 0.1) is 11.1 Å². The number of anilines is 1. The molecule has 1 aliphatic rings. The molecule has 176 valence electrons. The second kappa shape index (κ2) is 10.2. The van der Waals surface area contributed by atoms with E-state index in [1.54, 1.807) is 23.1 Å². The van der Waals surface area contributed by atoms with Gasteiger partial charge in [-0.05, 0) is 35.9 Å². The third-order valence-electron chi connectivity index (χ3n) is 5.15. The molecule has 2 aromatic carbocycles. The van der Waals surface area contributed by atoms with Gasteiger partial charge in [-0.25, -0.2) is 9.59 Å². The summed E-state index contributed by atoms with van der Waals surface area (Å²) in [6.45, 7) is 1.11. The van der Waals surface area contributed by atoms with Gasteiger partial charge in [-0.1, -0.05) is 18.2 Å². The van der Waals surface area contributed by atoms with Gasteiger partial charge >= 0.3 is 18.2 Å². The zero-order valence-corrected chi connectivity index (χ0v) is 17.6. The number of benzene rings is 2. The molecule has 11 heteroatoms. The molecule has 0 aliphatic carbocycles. The van der Waals surface area contributed by atoms with Crippen LogP contribution in [0.15, 0.2) is 48.5 Å². The van der Waals surface area contributed by atoms with E-state index < -0.39 is 30.3 Å². The Bertz CT molecular complexity index is 1000. The Morgan fingerprint density at radius 3 is 2.27 bits per heavy atom. The Kier molecular flexibility index (Phi) is 7.41. The van der Waals surface area contributed by atoms with Crippen LogP contribution in [0, 0.1) is 0 Å². The zero-order chi connectivity index (χ0) is 24.0. The lowest BCUT2D eigenvalue weighted by Gasteiger charge is -2.36. The maximum absolute atomic E-state index is 12.9. The summed E-state index contributed by atoms with van der Waals surface area (Å²) in [5.74, 6) is -1.05. The van der Waals surface area contributed by atoms with Crippen molar-refractivity contribution >= 4 is 23.6 Å². The molecule has 3 amide bonds. The third kappa shape index (κ3) is 6.61. The second-order valence-electron chi connectivity index (χ2n) is 7.41. The molecule has 0 spiro atoms. The molecule has 0 bridgehead atoms. The van der Waals surface area contributed by atoms with E-state index in [9.17, 15) is 27.6 Å². The first-order valence-electron chi connectivity index (χ1n) is 10.1. The maximum atomic E-state index is 12.9. The van der Waals surface area contributed by atoms with Crippen molar-refractivity contribution in [1.82, 2.24) is 10.2 Å². The second-order valence-corrected chi connectivity index (χ2v) is 7.41. The number of nitrogens with zero attached hydrogens (tertiary/aromatic N) is 2. The summed E-state index contributed by atoms with van der Waals surface area (Å²) < 4.78 is 43.9. The van der Waals surface area contributed by atoms with Gasteiger partial charge in [0.25, 0.3) is 5.91 Å². The highest BCUT2D eigenvalue weighted by Gasteiger charge is 2.31. The molecule has 0 aromatic heterocycles. The van der Waals surface area contributed by atoms with Gasteiger partial charge in [-0.3, -0.25) is 4.79 Å². The number of halogens is 3. The summed E-state index contributed by atoms with van der Waals surface area (Å²) in [7, 11) is 0. The van der Waals surface area contributed by atoms with E-state index in [0.717, 1.165) is 17.7 Å². The molecule has 0 unspecified atom stereocenters. The highest BCUT2D eigenvalue weighted by molar-refractivity contribution is 5.91. The maximum Gasteiger partial charge on any atom is 0.416 e. The minimum absolute atomic E-state index is 0.218. The number of alkyl halides is 3. The van der Waals surface area contributed by atoms with Crippen molar-refractivity contribution < 1.29 is 32.3 Å². The predicted molar refractivity (Wildman–Crippen MR) is 113 cm³/mol. The summed E-state index contributed by atoms with van der Waals surface area (Å²) in [5, 5.41) is 2.43. The van der Waals surface area contributed by atoms with Gasteiger partial charge in [0.2, 0.25) is 0 Å². The summed E-state index contributed by atoms with van der Waals surface area (Å²) in [5.41, 5.74) is 5.71. The van der Waals surface area contributed by atoms with Crippen LogP contribution >= 0.6 is 0 Å². The van der Waals surface area contributed by atoms with Gasteiger partial charge in [0.15, 0.2) is 6.61 Å². The van der Waals surface area contributed by atoms with Crippen LogP contribution in [0.1, 0.15) is 21.5 Å². The number of nitrogens with two attached hydrogens (primary N) is 1. The summed E-state index contributed by atoms with van der Waals surface area (Å²) in [4.78, 5) is 38.6. The number of amides is 3. The number of carbonyl (C=O) groups excluding carboxylic acids is 3. The number of carbonyl (C=O) groups is 3. The van der Waals surface area contributed by atoms with Crippen LogP contribution in [0.5, 0.6) is 0 Å². The van der Waals surface area contributed by atoms with Crippen molar-refractivity contribution in [3.05, 3.63) is 65.2 Å². The Labute approximate surface area is 188 Å². The highest BCUT2D eigenvalue weighted by Crippen LogP contribution is 2.31. The molecule has 33 heavy (non-hydrogen) atoms. The van der Waals surface area contributed by atoms with Crippen molar-refractivity contribution in [3.63, 3.8) is 0 Å². The monoisotopic (exact) mass is 464 g/mol. The summed E-state index contributed by atoms with van der Waals surface area (Å²) in [6, 6.07) is 10.7. The fraction of sp³-hybridized carbons (Fsp3) is 0.318. The van der Waals surface area contributed by atoms with Crippen LogP contribution in [0.4, 0.5) is 23.7 Å². The van der Waals surface area contributed by atoms with Crippen LogP contribution in [-0.4, -0.2) is 55.6 Å². The van der Waals surface area contributed by atoms with Crippen molar-refractivity contribution in [2.24, 2.45) is 5.73 Å². The van der Waals surface area contributed by atoms with Crippen molar-refractivity contribution in [2.75, 3.05) is 37.7 Å². The topological polar surface area (TPSA) is 105 Å². The Morgan fingerprint density at radius 1 is 1.00 bits per heavy atom. The molecule has 1 aliphatic heterocycles. The largest absolute Gasteiger partial charge is 0.452 e. The van der Waals surface area contributed by atoms with E-state index in [2.05, 4.69) is 5.32 Å². The van der Waals surface area contributed by atoms with Crippen molar-refractivity contribution in [3.8, 4) is 0 Å². The molecule has 0 radical (unpaired) electrons. The fourth-order valence-electron chi connectivity index (χ4n) is 3.34. The average Bonchev–Trinajstić information content (AvgIpc) is 2.81. The minimum atomic E-state index is -4.42. The quantitative estimate of drug-likeness (QED) is 0.639. The lowest BCUT2D eigenvalue weighted by Crippen LogP contribution is -2.50. The SMILES string of the molecule is NC(=O)NCc1ccc(C(=O)OCC(=O)N2CCN(c3cccc(C(F)(F)F)c3)CC2)cc1. The van der Waals surface area contributed by atoms with E-state index in [1.165, 1.54) is 23.1 Å². The van der Waals surface area contributed by atoms with Crippen molar-refractivity contribution in [1.29, 1.82) is 0 Å². The van der Waals surface area contributed by atoms with Gasteiger partial charge in [-0.15, -0.1) is 0 Å². The molecule has 1 heterocycles. The molecule has 3 rings (SSSR count). The number of nitrogens with one attached hydrogen (secondary N) is 1. The third-order valence-corrected chi connectivity index (χ3v) is 5.15. The molecule has 2 aromatic rings. The van der Waals surface area contributed by atoms with Crippen LogP contribution in [0.3, 0.4) is 0 Å².